The van der Waals surface area contributed by atoms with Crippen LogP contribution in [0.1, 0.15) is 6.92 Å². The molecule has 7 heteroatoms. The molecule has 2 heterocycles. The minimum absolute atomic E-state index is 0.0810. The van der Waals surface area contributed by atoms with Crippen molar-refractivity contribution in [1.82, 2.24) is 19.0 Å². The number of hydrogen-bond donors (Lipinski definition) is 1. The third-order valence-corrected chi connectivity index (χ3v) is 2.62. The van der Waals surface area contributed by atoms with E-state index in [-0.39, 0.29) is 5.91 Å². The Hall–Kier alpha value is -2.02. The average molecular weight is 264 g/mol. The molecule has 0 aliphatic rings. The Balaban J connectivity index is 1.98. The largest absolute Gasteiger partial charge is 0.474 e. The first-order valence-corrected chi connectivity index (χ1v) is 6.10. The highest BCUT2D eigenvalue weighted by molar-refractivity contribution is 6.99. The standard InChI is InChI=1S/C11H12N4O2S/c1-8(16)13-5-6-17-11-10(14-18-15-11)9-3-2-4-12-7-9/h2-4,7H,5-6H2,1H3,(H,13,16). The van der Waals surface area contributed by atoms with Crippen molar-refractivity contribution in [1.29, 1.82) is 0 Å². The molecule has 1 amide bonds. The normalized spacial score (nSPS) is 10.1. The Morgan fingerprint density at radius 3 is 3.11 bits per heavy atom. The van der Waals surface area contributed by atoms with Gasteiger partial charge in [-0.25, -0.2) is 0 Å². The smallest absolute Gasteiger partial charge is 0.254 e. The predicted octanol–water partition coefficient (Wildman–Crippen LogP) is 1.11. The molecule has 0 aliphatic carbocycles. The van der Waals surface area contributed by atoms with Crippen molar-refractivity contribution in [3.8, 4) is 17.1 Å². The molecule has 0 spiro atoms. The fourth-order valence-electron chi connectivity index (χ4n) is 1.33. The van der Waals surface area contributed by atoms with E-state index < -0.39 is 0 Å². The second-order valence-electron chi connectivity index (χ2n) is 3.49. The zero-order valence-corrected chi connectivity index (χ0v) is 10.6. The molecule has 0 aliphatic heterocycles. The van der Waals surface area contributed by atoms with Gasteiger partial charge in [0.15, 0.2) is 0 Å². The fraction of sp³-hybridized carbons (Fsp3) is 0.273. The lowest BCUT2D eigenvalue weighted by Gasteiger charge is -2.05. The summed E-state index contributed by atoms with van der Waals surface area (Å²) < 4.78 is 13.7. The summed E-state index contributed by atoms with van der Waals surface area (Å²) in [6.07, 6.45) is 3.40. The summed E-state index contributed by atoms with van der Waals surface area (Å²) in [6.45, 7) is 2.27. The first-order valence-electron chi connectivity index (χ1n) is 5.37. The molecule has 2 aromatic rings. The van der Waals surface area contributed by atoms with Gasteiger partial charge in [0.2, 0.25) is 5.91 Å². The zero-order chi connectivity index (χ0) is 12.8. The van der Waals surface area contributed by atoms with Gasteiger partial charge in [-0.2, -0.15) is 4.37 Å². The number of amides is 1. The highest BCUT2D eigenvalue weighted by Gasteiger charge is 2.11. The van der Waals surface area contributed by atoms with Crippen molar-refractivity contribution in [3.63, 3.8) is 0 Å². The highest BCUT2D eigenvalue weighted by atomic mass is 32.1. The van der Waals surface area contributed by atoms with Crippen molar-refractivity contribution in [2.75, 3.05) is 13.2 Å². The first-order chi connectivity index (χ1) is 8.77. The Morgan fingerprint density at radius 2 is 2.39 bits per heavy atom. The van der Waals surface area contributed by atoms with Gasteiger partial charge in [-0.1, -0.05) is 0 Å². The summed E-state index contributed by atoms with van der Waals surface area (Å²) >= 11 is 1.09. The van der Waals surface area contributed by atoms with E-state index in [4.69, 9.17) is 4.74 Å². The molecule has 0 atom stereocenters. The molecule has 1 N–H and O–H groups in total. The number of aromatic nitrogens is 3. The van der Waals surface area contributed by atoms with Gasteiger partial charge < -0.3 is 10.1 Å². The van der Waals surface area contributed by atoms with Crippen LogP contribution in [-0.4, -0.2) is 32.8 Å². The molecule has 2 rings (SSSR count). The minimum Gasteiger partial charge on any atom is -0.474 e. The van der Waals surface area contributed by atoms with Crippen molar-refractivity contribution in [2.24, 2.45) is 0 Å². The molecule has 0 bridgehead atoms. The van der Waals surface area contributed by atoms with E-state index in [1.807, 2.05) is 12.1 Å². The molecular weight excluding hydrogens is 252 g/mol. The molecule has 0 unspecified atom stereocenters. The Labute approximate surface area is 108 Å². The second-order valence-corrected chi connectivity index (χ2v) is 4.02. The molecule has 2 aromatic heterocycles. The van der Waals surface area contributed by atoms with Crippen LogP contribution in [0, 0.1) is 0 Å². The lowest BCUT2D eigenvalue weighted by Crippen LogP contribution is -2.25. The van der Waals surface area contributed by atoms with Crippen molar-refractivity contribution >= 4 is 17.6 Å². The summed E-state index contributed by atoms with van der Waals surface area (Å²) in [5.41, 5.74) is 1.54. The number of carbonyl (C=O) groups excluding carboxylic acids is 1. The van der Waals surface area contributed by atoms with E-state index in [0.717, 1.165) is 17.3 Å². The van der Waals surface area contributed by atoms with Crippen LogP contribution in [0.3, 0.4) is 0 Å². The van der Waals surface area contributed by atoms with E-state index in [1.54, 1.807) is 12.4 Å². The van der Waals surface area contributed by atoms with Gasteiger partial charge in [-0.15, -0.1) is 4.37 Å². The lowest BCUT2D eigenvalue weighted by atomic mass is 10.2. The minimum atomic E-state index is -0.0810. The molecule has 0 saturated carbocycles. The molecule has 0 radical (unpaired) electrons. The molecule has 0 aromatic carbocycles. The SMILES string of the molecule is CC(=O)NCCOc1nsnc1-c1cccnc1. The molecule has 94 valence electrons. The maximum absolute atomic E-state index is 10.7. The van der Waals surface area contributed by atoms with Crippen molar-refractivity contribution in [2.45, 2.75) is 6.92 Å². The molecule has 18 heavy (non-hydrogen) atoms. The molecule has 6 nitrogen and oxygen atoms in total. The number of hydrogen-bond acceptors (Lipinski definition) is 6. The molecular formula is C11H12N4O2S. The summed E-state index contributed by atoms with van der Waals surface area (Å²) in [6, 6.07) is 3.72. The number of ether oxygens (including phenoxy) is 1. The quantitative estimate of drug-likeness (QED) is 0.819. The van der Waals surface area contributed by atoms with E-state index >= 15 is 0 Å². The third kappa shape index (κ3) is 3.24. The summed E-state index contributed by atoms with van der Waals surface area (Å²) in [5.74, 6) is 0.390. The molecule has 0 fully saturated rings. The van der Waals surface area contributed by atoms with Crippen LogP contribution in [0.5, 0.6) is 5.88 Å². The monoisotopic (exact) mass is 264 g/mol. The predicted molar refractivity (Wildman–Crippen MR) is 67.3 cm³/mol. The summed E-state index contributed by atoms with van der Waals surface area (Å²) in [7, 11) is 0. The van der Waals surface area contributed by atoms with E-state index in [1.165, 1.54) is 6.92 Å². The number of nitrogens with one attached hydrogen (secondary N) is 1. The van der Waals surface area contributed by atoms with Crippen LogP contribution in [0.15, 0.2) is 24.5 Å². The van der Waals surface area contributed by atoms with Crippen LogP contribution in [-0.2, 0) is 4.79 Å². The summed E-state index contributed by atoms with van der Waals surface area (Å²) in [5, 5.41) is 2.65. The van der Waals surface area contributed by atoms with Crippen LogP contribution in [0.25, 0.3) is 11.3 Å². The highest BCUT2D eigenvalue weighted by Crippen LogP contribution is 2.26. The van der Waals surface area contributed by atoms with Gasteiger partial charge in [0.1, 0.15) is 12.3 Å². The third-order valence-electron chi connectivity index (χ3n) is 2.11. The Morgan fingerprint density at radius 1 is 1.50 bits per heavy atom. The Bertz CT molecular complexity index is 515. The topological polar surface area (TPSA) is 77.0 Å². The van der Waals surface area contributed by atoms with E-state index in [2.05, 4.69) is 19.0 Å². The van der Waals surface area contributed by atoms with Crippen LogP contribution in [0.2, 0.25) is 0 Å². The fourth-order valence-corrected chi connectivity index (χ4v) is 1.85. The maximum Gasteiger partial charge on any atom is 0.254 e. The van der Waals surface area contributed by atoms with Gasteiger partial charge in [-0.05, 0) is 12.1 Å². The van der Waals surface area contributed by atoms with Crippen molar-refractivity contribution in [3.05, 3.63) is 24.5 Å². The maximum atomic E-state index is 10.7. The number of rotatable bonds is 5. The van der Waals surface area contributed by atoms with Gasteiger partial charge in [0, 0.05) is 24.9 Å². The summed E-state index contributed by atoms with van der Waals surface area (Å²) in [4.78, 5) is 14.7. The Kier molecular flexibility index (Phi) is 4.19. The van der Waals surface area contributed by atoms with Gasteiger partial charge in [0.25, 0.3) is 5.88 Å². The number of carbonyl (C=O) groups is 1. The van der Waals surface area contributed by atoms with Crippen LogP contribution < -0.4 is 10.1 Å². The van der Waals surface area contributed by atoms with Crippen LogP contribution >= 0.6 is 11.7 Å². The zero-order valence-electron chi connectivity index (χ0n) is 9.79. The van der Waals surface area contributed by atoms with Gasteiger partial charge in [-0.3, -0.25) is 9.78 Å². The average Bonchev–Trinajstić information content (AvgIpc) is 2.84. The van der Waals surface area contributed by atoms with E-state index in [9.17, 15) is 4.79 Å². The first kappa shape index (κ1) is 12.4. The van der Waals surface area contributed by atoms with Crippen LogP contribution in [0.4, 0.5) is 0 Å². The lowest BCUT2D eigenvalue weighted by molar-refractivity contribution is -0.119. The van der Waals surface area contributed by atoms with Gasteiger partial charge >= 0.3 is 0 Å². The number of nitrogens with zero attached hydrogens (tertiary/aromatic N) is 3. The van der Waals surface area contributed by atoms with Gasteiger partial charge in [0.05, 0.1) is 18.3 Å². The molecule has 0 saturated heterocycles. The van der Waals surface area contributed by atoms with E-state index in [0.29, 0.717) is 24.7 Å². The van der Waals surface area contributed by atoms with Crippen molar-refractivity contribution < 1.29 is 9.53 Å². The number of pyridine rings is 1. The second kappa shape index (κ2) is 6.06.